The topological polar surface area (TPSA) is 38.5 Å². The summed E-state index contributed by atoms with van der Waals surface area (Å²) in [5, 5.41) is 0. The number of nitrogens with zero attached hydrogens (tertiary/aromatic N) is 1. The minimum atomic E-state index is -0.247. The van der Waals surface area contributed by atoms with Crippen LogP contribution in [0.2, 0.25) is 0 Å². The molecule has 21 heavy (non-hydrogen) atoms. The molecule has 0 radical (unpaired) electrons. The van der Waals surface area contributed by atoms with E-state index >= 15 is 0 Å². The molecule has 0 aliphatic carbocycles. The molecule has 0 aliphatic rings. The molecule has 1 atom stereocenters. The molecule has 0 saturated carbocycles. The number of nitrogens with two attached hydrogens (primary N) is 1. The van der Waals surface area contributed by atoms with Gasteiger partial charge in [-0.05, 0) is 36.2 Å². The Hall–Kier alpha value is -2.07. The van der Waals surface area contributed by atoms with E-state index in [2.05, 4.69) is 0 Å². The first-order valence-corrected chi connectivity index (χ1v) is 6.90. The first kappa shape index (κ1) is 15.3. The van der Waals surface area contributed by atoms with Gasteiger partial charge in [0.15, 0.2) is 0 Å². The van der Waals surface area contributed by atoms with Crippen molar-refractivity contribution < 1.29 is 9.13 Å². The summed E-state index contributed by atoms with van der Waals surface area (Å²) in [7, 11) is 3.50. The second-order valence-corrected chi connectivity index (χ2v) is 5.04. The van der Waals surface area contributed by atoms with Crippen LogP contribution in [0.5, 0.6) is 5.75 Å². The van der Waals surface area contributed by atoms with Crippen LogP contribution in [-0.4, -0.2) is 20.7 Å². The van der Waals surface area contributed by atoms with Crippen molar-refractivity contribution in [2.45, 2.75) is 13.0 Å². The highest BCUT2D eigenvalue weighted by molar-refractivity contribution is 5.50. The van der Waals surface area contributed by atoms with Crippen molar-refractivity contribution in [2.75, 3.05) is 25.6 Å². The standard InChI is InChI=1S/C17H21FN2O/c1-12-10-13(8-9-17(12)21-3)16(11-19)20(2)15-7-5-4-6-14(15)18/h4-10,16H,11,19H2,1-3H3. The molecular weight excluding hydrogens is 267 g/mol. The molecule has 2 N–H and O–H groups in total. The number of likely N-dealkylation sites (N-methyl/N-ethyl adjacent to an activating group) is 1. The molecule has 3 nitrogen and oxygen atoms in total. The molecule has 0 aliphatic heterocycles. The van der Waals surface area contributed by atoms with Crippen LogP contribution >= 0.6 is 0 Å². The Labute approximate surface area is 125 Å². The van der Waals surface area contributed by atoms with Gasteiger partial charge in [0, 0.05) is 13.6 Å². The highest BCUT2D eigenvalue weighted by Crippen LogP contribution is 2.29. The van der Waals surface area contributed by atoms with E-state index < -0.39 is 0 Å². The Morgan fingerprint density at radius 1 is 1.24 bits per heavy atom. The molecule has 2 rings (SSSR count). The molecule has 0 aromatic heterocycles. The molecule has 1 unspecified atom stereocenters. The van der Waals surface area contributed by atoms with Crippen molar-refractivity contribution in [1.29, 1.82) is 0 Å². The fourth-order valence-corrected chi connectivity index (χ4v) is 2.53. The maximum absolute atomic E-state index is 13.9. The third-order valence-electron chi connectivity index (χ3n) is 3.73. The summed E-state index contributed by atoms with van der Waals surface area (Å²) in [6, 6.07) is 12.6. The number of benzene rings is 2. The van der Waals surface area contributed by atoms with Crippen molar-refractivity contribution in [1.82, 2.24) is 0 Å². The number of halogens is 1. The lowest BCUT2D eigenvalue weighted by Gasteiger charge is -2.30. The molecule has 0 fully saturated rings. The maximum atomic E-state index is 13.9. The fraction of sp³-hybridized carbons (Fsp3) is 0.294. The van der Waals surface area contributed by atoms with Crippen LogP contribution in [0.4, 0.5) is 10.1 Å². The predicted octanol–water partition coefficient (Wildman–Crippen LogP) is 3.28. The van der Waals surface area contributed by atoms with Crippen LogP contribution in [0.3, 0.4) is 0 Å². The summed E-state index contributed by atoms with van der Waals surface area (Å²) in [5.41, 5.74) is 8.54. The molecule has 0 spiro atoms. The zero-order valence-electron chi connectivity index (χ0n) is 12.6. The number of rotatable bonds is 5. The third kappa shape index (κ3) is 3.16. The molecule has 112 valence electrons. The Bertz CT molecular complexity index is 615. The largest absolute Gasteiger partial charge is 0.496 e. The van der Waals surface area contributed by atoms with E-state index in [0.717, 1.165) is 16.9 Å². The number of hydrogen-bond donors (Lipinski definition) is 1. The Kier molecular flexibility index (Phi) is 4.81. The van der Waals surface area contributed by atoms with Gasteiger partial charge in [0.2, 0.25) is 0 Å². The molecule has 0 saturated heterocycles. The smallest absolute Gasteiger partial charge is 0.146 e. The molecule has 2 aromatic carbocycles. The first-order valence-electron chi connectivity index (χ1n) is 6.90. The van der Waals surface area contributed by atoms with Crippen LogP contribution in [0.15, 0.2) is 42.5 Å². The van der Waals surface area contributed by atoms with E-state index in [9.17, 15) is 4.39 Å². The molecule has 0 amide bonds. The number of aryl methyl sites for hydroxylation is 1. The van der Waals surface area contributed by atoms with Crippen LogP contribution in [0.25, 0.3) is 0 Å². The maximum Gasteiger partial charge on any atom is 0.146 e. The predicted molar refractivity (Wildman–Crippen MR) is 84.3 cm³/mol. The highest BCUT2D eigenvalue weighted by Gasteiger charge is 2.19. The number of hydrogen-bond acceptors (Lipinski definition) is 3. The van der Waals surface area contributed by atoms with E-state index in [1.54, 1.807) is 19.2 Å². The highest BCUT2D eigenvalue weighted by atomic mass is 19.1. The quantitative estimate of drug-likeness (QED) is 0.917. The summed E-state index contributed by atoms with van der Waals surface area (Å²) < 4.78 is 19.2. The van der Waals surface area contributed by atoms with Gasteiger partial charge >= 0.3 is 0 Å². The molecule has 2 aromatic rings. The van der Waals surface area contributed by atoms with Gasteiger partial charge in [-0.25, -0.2) is 4.39 Å². The lowest BCUT2D eigenvalue weighted by Crippen LogP contribution is -2.31. The number of para-hydroxylation sites is 1. The number of anilines is 1. The average molecular weight is 288 g/mol. The van der Waals surface area contributed by atoms with Gasteiger partial charge in [0.1, 0.15) is 11.6 Å². The molecule has 0 bridgehead atoms. The van der Waals surface area contributed by atoms with E-state index in [-0.39, 0.29) is 11.9 Å². The van der Waals surface area contributed by atoms with Gasteiger partial charge in [-0.2, -0.15) is 0 Å². The summed E-state index contributed by atoms with van der Waals surface area (Å²) >= 11 is 0. The monoisotopic (exact) mass is 288 g/mol. The second kappa shape index (κ2) is 6.59. The minimum absolute atomic E-state index is 0.0912. The van der Waals surface area contributed by atoms with Gasteiger partial charge in [0.25, 0.3) is 0 Å². The summed E-state index contributed by atoms with van der Waals surface area (Å²) in [4.78, 5) is 1.87. The van der Waals surface area contributed by atoms with Gasteiger partial charge in [-0.1, -0.05) is 24.3 Å². The van der Waals surface area contributed by atoms with Gasteiger partial charge in [-0.3, -0.25) is 0 Å². The van der Waals surface area contributed by atoms with Crippen molar-refractivity contribution in [3.63, 3.8) is 0 Å². The lowest BCUT2D eigenvalue weighted by atomic mass is 10.0. The fourth-order valence-electron chi connectivity index (χ4n) is 2.53. The van der Waals surface area contributed by atoms with E-state index in [1.807, 2.05) is 43.1 Å². The van der Waals surface area contributed by atoms with Crippen molar-refractivity contribution in [3.8, 4) is 5.75 Å². The van der Waals surface area contributed by atoms with Crippen LogP contribution < -0.4 is 15.4 Å². The van der Waals surface area contributed by atoms with Crippen LogP contribution in [0.1, 0.15) is 17.2 Å². The van der Waals surface area contributed by atoms with Crippen LogP contribution in [-0.2, 0) is 0 Å². The van der Waals surface area contributed by atoms with Gasteiger partial charge in [0.05, 0.1) is 18.8 Å². The average Bonchev–Trinajstić information content (AvgIpc) is 2.48. The Morgan fingerprint density at radius 3 is 2.52 bits per heavy atom. The summed E-state index contributed by atoms with van der Waals surface area (Å²) in [6.45, 7) is 2.38. The third-order valence-corrected chi connectivity index (χ3v) is 3.73. The number of ether oxygens (including phenoxy) is 1. The molecule has 4 heteroatoms. The zero-order valence-corrected chi connectivity index (χ0v) is 12.6. The van der Waals surface area contributed by atoms with Crippen molar-refractivity contribution >= 4 is 5.69 Å². The Morgan fingerprint density at radius 2 is 1.95 bits per heavy atom. The van der Waals surface area contributed by atoms with E-state index in [4.69, 9.17) is 10.5 Å². The SMILES string of the molecule is COc1ccc(C(CN)N(C)c2ccccc2F)cc1C. The van der Waals surface area contributed by atoms with Gasteiger partial charge in [-0.15, -0.1) is 0 Å². The summed E-state index contributed by atoms with van der Waals surface area (Å²) in [6.07, 6.45) is 0. The lowest BCUT2D eigenvalue weighted by molar-refractivity contribution is 0.411. The van der Waals surface area contributed by atoms with Crippen LogP contribution in [0, 0.1) is 12.7 Å². The summed E-state index contributed by atoms with van der Waals surface area (Å²) in [5.74, 6) is 0.590. The molecular formula is C17H21FN2O. The van der Waals surface area contributed by atoms with E-state index in [0.29, 0.717) is 12.2 Å². The van der Waals surface area contributed by atoms with Gasteiger partial charge < -0.3 is 15.4 Å². The zero-order chi connectivity index (χ0) is 15.4. The van der Waals surface area contributed by atoms with E-state index in [1.165, 1.54) is 6.07 Å². The normalized spacial score (nSPS) is 12.0. The second-order valence-electron chi connectivity index (χ2n) is 5.04. The molecule has 0 heterocycles. The minimum Gasteiger partial charge on any atom is -0.496 e. The number of methoxy groups -OCH3 is 1. The Balaban J connectivity index is 2.35. The van der Waals surface area contributed by atoms with Crippen molar-refractivity contribution in [3.05, 3.63) is 59.4 Å². The van der Waals surface area contributed by atoms with Crippen molar-refractivity contribution in [2.24, 2.45) is 5.73 Å². The first-order chi connectivity index (χ1) is 10.1.